The van der Waals surface area contributed by atoms with Crippen molar-refractivity contribution < 1.29 is 14.3 Å². The lowest BCUT2D eigenvalue weighted by Gasteiger charge is -2.18. The fraction of sp³-hybridized carbons (Fsp3) is 1.00. The molecule has 1 rings (SSSR count). The Balaban J connectivity index is 2.24. The third kappa shape index (κ3) is 2.70. The van der Waals surface area contributed by atoms with Crippen LogP contribution >= 0.6 is 8.60 Å². The number of hydrogen-bond acceptors (Lipinski definition) is 3. The molecule has 0 aliphatic heterocycles. The smallest absolute Gasteiger partial charge is 0.327 e. The molecule has 1 saturated carbocycles. The van der Waals surface area contributed by atoms with Gasteiger partial charge in [-0.05, 0) is 18.3 Å². The Kier molecular flexibility index (Phi) is 3.98. The predicted molar refractivity (Wildman–Crippen MR) is 48.7 cm³/mol. The van der Waals surface area contributed by atoms with Gasteiger partial charge in [0.25, 0.3) is 0 Å². The zero-order chi connectivity index (χ0) is 9.14. The highest BCUT2D eigenvalue weighted by atomic mass is 31.2. The van der Waals surface area contributed by atoms with Crippen LogP contribution in [0.2, 0.25) is 5.82 Å². The van der Waals surface area contributed by atoms with Gasteiger partial charge in [-0.15, -0.1) is 0 Å². The van der Waals surface area contributed by atoms with Crippen LogP contribution in [-0.4, -0.2) is 24.2 Å². The van der Waals surface area contributed by atoms with E-state index in [-0.39, 0.29) is 5.82 Å². The summed E-state index contributed by atoms with van der Waals surface area (Å²) in [5.74, 6) is 1.08. The highest BCUT2D eigenvalue weighted by Crippen LogP contribution is 2.40. The first-order valence-corrected chi connectivity index (χ1v) is 5.34. The van der Waals surface area contributed by atoms with Gasteiger partial charge < -0.3 is 14.3 Å². The summed E-state index contributed by atoms with van der Waals surface area (Å²) in [4.78, 5) is 17.1. The standard InChI is InChI=1S/C7H14BO3P/c1-5-6(2-3-7(5)8)4-11-12(9)10/h5-7,9-10H,2-4H2,1H3. The highest BCUT2D eigenvalue weighted by molar-refractivity contribution is 7.39. The Morgan fingerprint density at radius 1 is 1.50 bits per heavy atom. The molecule has 0 aromatic carbocycles. The normalized spacial score (nSPS) is 36.2. The largest absolute Gasteiger partial charge is 0.328 e. The molecule has 0 bridgehead atoms. The minimum Gasteiger partial charge on any atom is -0.328 e. The van der Waals surface area contributed by atoms with Crippen LogP contribution < -0.4 is 0 Å². The Hall–Kier alpha value is 0.375. The van der Waals surface area contributed by atoms with Crippen molar-refractivity contribution in [3.8, 4) is 0 Å². The summed E-state index contributed by atoms with van der Waals surface area (Å²) in [6.07, 6.45) is 2.05. The SMILES string of the molecule is [B]C1CCC(COP(O)O)C1C. The summed E-state index contributed by atoms with van der Waals surface area (Å²) >= 11 is 0. The van der Waals surface area contributed by atoms with Crippen LogP contribution in [0.3, 0.4) is 0 Å². The van der Waals surface area contributed by atoms with Gasteiger partial charge in [-0.1, -0.05) is 19.2 Å². The molecule has 0 spiro atoms. The third-order valence-electron chi connectivity index (χ3n) is 2.69. The van der Waals surface area contributed by atoms with Crippen LogP contribution in [0.25, 0.3) is 0 Å². The summed E-state index contributed by atoms with van der Waals surface area (Å²) < 4.78 is 4.76. The maximum Gasteiger partial charge on any atom is 0.327 e. The van der Waals surface area contributed by atoms with E-state index in [1.165, 1.54) is 0 Å². The lowest BCUT2D eigenvalue weighted by Crippen LogP contribution is -2.12. The van der Waals surface area contributed by atoms with Gasteiger partial charge in [0.2, 0.25) is 0 Å². The summed E-state index contributed by atoms with van der Waals surface area (Å²) in [6.45, 7) is 2.51. The predicted octanol–water partition coefficient (Wildman–Crippen LogP) is 1.22. The van der Waals surface area contributed by atoms with Crippen molar-refractivity contribution in [2.45, 2.75) is 25.6 Å². The van der Waals surface area contributed by atoms with Crippen molar-refractivity contribution >= 4 is 16.4 Å². The van der Waals surface area contributed by atoms with E-state index in [9.17, 15) is 0 Å². The van der Waals surface area contributed by atoms with Crippen LogP contribution in [0.15, 0.2) is 0 Å². The molecule has 2 radical (unpaired) electrons. The monoisotopic (exact) mass is 188 g/mol. The summed E-state index contributed by atoms with van der Waals surface area (Å²) in [6, 6.07) is 0. The van der Waals surface area contributed by atoms with E-state index >= 15 is 0 Å². The van der Waals surface area contributed by atoms with Gasteiger partial charge in [0.05, 0.1) is 14.5 Å². The second-order valence-corrected chi connectivity index (χ2v) is 4.17. The lowest BCUT2D eigenvalue weighted by molar-refractivity contribution is 0.192. The van der Waals surface area contributed by atoms with Crippen LogP contribution in [0.5, 0.6) is 0 Å². The second kappa shape index (κ2) is 4.57. The van der Waals surface area contributed by atoms with Crippen LogP contribution in [0, 0.1) is 11.8 Å². The summed E-state index contributed by atoms with van der Waals surface area (Å²) in [5, 5.41) is 0. The van der Waals surface area contributed by atoms with Gasteiger partial charge in [0, 0.05) is 0 Å². The van der Waals surface area contributed by atoms with Gasteiger partial charge >= 0.3 is 8.60 Å². The van der Waals surface area contributed by atoms with E-state index in [2.05, 4.69) is 6.92 Å². The van der Waals surface area contributed by atoms with E-state index in [4.69, 9.17) is 22.2 Å². The van der Waals surface area contributed by atoms with E-state index in [1.54, 1.807) is 0 Å². The van der Waals surface area contributed by atoms with E-state index in [0.29, 0.717) is 18.4 Å². The molecule has 0 aromatic rings. The fourth-order valence-electron chi connectivity index (χ4n) is 1.68. The average Bonchev–Trinajstić information content (AvgIpc) is 2.30. The molecule has 3 atom stereocenters. The van der Waals surface area contributed by atoms with E-state index in [0.717, 1.165) is 12.8 Å². The molecule has 5 heteroatoms. The molecule has 0 heterocycles. The Morgan fingerprint density at radius 2 is 2.17 bits per heavy atom. The van der Waals surface area contributed by atoms with Crippen molar-refractivity contribution in [1.82, 2.24) is 0 Å². The highest BCUT2D eigenvalue weighted by Gasteiger charge is 2.29. The molecular weight excluding hydrogens is 174 g/mol. The van der Waals surface area contributed by atoms with Gasteiger partial charge in [0.15, 0.2) is 0 Å². The summed E-state index contributed by atoms with van der Waals surface area (Å²) in [5.41, 5.74) is 0. The average molecular weight is 188 g/mol. The summed E-state index contributed by atoms with van der Waals surface area (Å²) in [7, 11) is 3.61. The maximum absolute atomic E-state index is 8.53. The molecular formula is C7H14BO3P. The van der Waals surface area contributed by atoms with Gasteiger partial charge in [-0.2, -0.15) is 0 Å². The molecule has 1 fully saturated rings. The first-order valence-electron chi connectivity index (χ1n) is 4.17. The first kappa shape index (κ1) is 10.5. The van der Waals surface area contributed by atoms with Crippen molar-refractivity contribution in [3.63, 3.8) is 0 Å². The quantitative estimate of drug-likeness (QED) is 0.517. The number of rotatable bonds is 3. The van der Waals surface area contributed by atoms with Crippen molar-refractivity contribution in [2.75, 3.05) is 6.61 Å². The topological polar surface area (TPSA) is 49.7 Å². The Bertz CT molecular complexity index is 145. The minimum atomic E-state index is -2.19. The molecule has 68 valence electrons. The molecule has 12 heavy (non-hydrogen) atoms. The first-order chi connectivity index (χ1) is 5.61. The number of hydrogen-bond donors (Lipinski definition) is 2. The molecule has 2 N–H and O–H groups in total. The maximum atomic E-state index is 8.53. The molecule has 3 unspecified atom stereocenters. The van der Waals surface area contributed by atoms with Crippen LogP contribution in [-0.2, 0) is 4.52 Å². The minimum absolute atomic E-state index is 0.252. The Labute approximate surface area is 75.5 Å². The van der Waals surface area contributed by atoms with E-state index < -0.39 is 8.60 Å². The zero-order valence-corrected chi connectivity index (χ0v) is 8.08. The molecule has 3 nitrogen and oxygen atoms in total. The lowest BCUT2D eigenvalue weighted by atomic mass is 9.78. The van der Waals surface area contributed by atoms with Crippen LogP contribution in [0.4, 0.5) is 0 Å². The molecule has 0 saturated heterocycles. The molecule has 1 aliphatic carbocycles. The van der Waals surface area contributed by atoms with Crippen molar-refractivity contribution in [1.29, 1.82) is 0 Å². The van der Waals surface area contributed by atoms with Crippen LogP contribution in [0.1, 0.15) is 19.8 Å². The van der Waals surface area contributed by atoms with Gasteiger partial charge in [-0.3, -0.25) is 0 Å². The molecule has 0 amide bonds. The van der Waals surface area contributed by atoms with Crippen molar-refractivity contribution in [2.24, 2.45) is 11.8 Å². The van der Waals surface area contributed by atoms with Gasteiger partial charge in [0.1, 0.15) is 0 Å². The van der Waals surface area contributed by atoms with Gasteiger partial charge in [-0.25, -0.2) is 0 Å². The molecule has 0 aromatic heterocycles. The second-order valence-electron chi connectivity index (χ2n) is 3.41. The van der Waals surface area contributed by atoms with E-state index in [1.807, 2.05) is 0 Å². The fourth-order valence-corrected chi connectivity index (χ4v) is 2.00. The van der Waals surface area contributed by atoms with Crippen molar-refractivity contribution in [3.05, 3.63) is 0 Å². The Morgan fingerprint density at radius 3 is 2.58 bits per heavy atom. The third-order valence-corrected chi connectivity index (χ3v) is 3.07. The molecule has 1 aliphatic rings. The zero-order valence-electron chi connectivity index (χ0n) is 7.18.